The lowest BCUT2D eigenvalue weighted by molar-refractivity contribution is 0.184. The Morgan fingerprint density at radius 1 is 0.912 bits per heavy atom. The maximum absolute atomic E-state index is 14.0. The predicted molar refractivity (Wildman–Crippen MR) is 134 cm³/mol. The van der Waals surface area contributed by atoms with Crippen molar-refractivity contribution in [3.05, 3.63) is 41.7 Å². The molecule has 1 saturated heterocycles. The lowest BCUT2D eigenvalue weighted by Crippen LogP contribution is -2.28. The van der Waals surface area contributed by atoms with Crippen LogP contribution in [0, 0.1) is 23.6 Å². The van der Waals surface area contributed by atoms with Gasteiger partial charge in [-0.15, -0.1) is 0 Å². The Hall–Kier alpha value is -1.30. The average Bonchev–Trinajstić information content (AvgIpc) is 2.84. The Balaban J connectivity index is 1.29. The number of aryl methyl sites for hydroxylation is 1. The highest BCUT2D eigenvalue weighted by molar-refractivity contribution is 6.58. The molecule has 3 rings (SSSR count). The molecule has 0 atom stereocenters. The van der Waals surface area contributed by atoms with Gasteiger partial charge < -0.3 is 4.74 Å². The van der Waals surface area contributed by atoms with Gasteiger partial charge in [0, 0.05) is 8.80 Å². The van der Waals surface area contributed by atoms with E-state index in [1.54, 1.807) is 24.2 Å². The Labute approximate surface area is 205 Å². The molecule has 0 N–H and O–H groups in total. The summed E-state index contributed by atoms with van der Waals surface area (Å²) >= 11 is 0. The van der Waals surface area contributed by atoms with E-state index in [2.05, 4.69) is 11.7 Å². The Morgan fingerprint density at radius 3 is 2.26 bits per heavy atom. The minimum atomic E-state index is -2.59. The molecule has 192 valence electrons. The molecule has 1 aromatic carbocycles. The van der Waals surface area contributed by atoms with Gasteiger partial charge in [0.2, 0.25) is 0 Å². The number of unbranched alkanes of at least 4 members (excludes halogenated alkanes) is 3. The van der Waals surface area contributed by atoms with Crippen LogP contribution in [0.3, 0.4) is 0 Å². The molecule has 1 aliphatic heterocycles. The van der Waals surface area contributed by atoms with Gasteiger partial charge in [0.1, 0.15) is 0 Å². The van der Waals surface area contributed by atoms with Crippen LogP contribution in [0.2, 0.25) is 18.1 Å². The summed E-state index contributed by atoms with van der Waals surface area (Å²) in [7, 11) is -0.404. The van der Waals surface area contributed by atoms with Gasteiger partial charge in [-0.05, 0) is 61.1 Å². The molecule has 6 heteroatoms. The highest BCUT2D eigenvalue weighted by Gasteiger charge is 2.30. The standard InChI is InChI=1S/C28H42F4OSi/c1-2-3-6-17-34-18-15-24(16-19-34)23-12-9-21(10-13-23)7-4-5-8-22-11-14-26(25(29)20-22)33-28(32)27(30)31/h11,14,20-21,23-24,34H,2-10,12-13,15-19H2,1H3/t21-,23-,24-,34-. The number of hydrogen-bond acceptors (Lipinski definition) is 1. The average molecular weight is 499 g/mol. The molecule has 0 aromatic heterocycles. The van der Waals surface area contributed by atoms with Crippen LogP contribution >= 0.6 is 0 Å². The molecule has 0 amide bonds. The third kappa shape index (κ3) is 8.73. The van der Waals surface area contributed by atoms with Crippen LogP contribution < -0.4 is 4.74 Å². The van der Waals surface area contributed by atoms with Gasteiger partial charge in [0.15, 0.2) is 11.6 Å². The van der Waals surface area contributed by atoms with Crippen molar-refractivity contribution in [1.29, 1.82) is 0 Å². The second-order valence-electron chi connectivity index (χ2n) is 10.7. The summed E-state index contributed by atoms with van der Waals surface area (Å²) in [4.78, 5) is 0. The fraction of sp³-hybridized carbons (Fsp3) is 0.714. The number of halogens is 4. The molecular weight excluding hydrogens is 456 g/mol. The molecule has 1 heterocycles. The maximum Gasteiger partial charge on any atom is 0.344 e. The Bertz CT molecular complexity index is 764. The largest absolute Gasteiger partial charge is 0.425 e. The molecule has 1 saturated carbocycles. The minimum absolute atomic E-state index is 0.404. The van der Waals surface area contributed by atoms with Crippen LogP contribution in [0.15, 0.2) is 30.3 Å². The van der Waals surface area contributed by atoms with E-state index in [1.165, 1.54) is 76.3 Å². The quantitative estimate of drug-likeness (QED) is 0.121. The number of ether oxygens (including phenoxy) is 1. The second-order valence-corrected chi connectivity index (χ2v) is 14.2. The van der Waals surface area contributed by atoms with Gasteiger partial charge in [0.05, 0.1) is 0 Å². The van der Waals surface area contributed by atoms with Crippen molar-refractivity contribution in [2.24, 2.45) is 17.8 Å². The second kappa shape index (κ2) is 14.3. The van der Waals surface area contributed by atoms with E-state index < -0.39 is 32.5 Å². The zero-order valence-electron chi connectivity index (χ0n) is 20.8. The monoisotopic (exact) mass is 498 g/mol. The summed E-state index contributed by atoms with van der Waals surface area (Å²) in [5, 5.41) is 0. The molecule has 0 unspecified atom stereocenters. The zero-order chi connectivity index (χ0) is 24.3. The fourth-order valence-electron chi connectivity index (χ4n) is 6.26. The van der Waals surface area contributed by atoms with Crippen molar-refractivity contribution in [3.8, 4) is 5.75 Å². The first-order chi connectivity index (χ1) is 16.5. The zero-order valence-corrected chi connectivity index (χ0v) is 21.9. The van der Waals surface area contributed by atoms with Crippen LogP contribution in [-0.2, 0) is 6.42 Å². The molecule has 0 bridgehead atoms. The van der Waals surface area contributed by atoms with Gasteiger partial charge in [-0.2, -0.15) is 13.2 Å². The highest BCUT2D eigenvalue weighted by Crippen LogP contribution is 2.42. The van der Waals surface area contributed by atoms with Gasteiger partial charge in [-0.3, -0.25) is 0 Å². The van der Waals surface area contributed by atoms with Crippen LogP contribution in [0.4, 0.5) is 17.6 Å². The number of hydrogen-bond donors (Lipinski definition) is 0. The first-order valence-electron chi connectivity index (χ1n) is 13.6. The first-order valence-corrected chi connectivity index (χ1v) is 16.1. The van der Waals surface area contributed by atoms with E-state index in [1.807, 2.05) is 0 Å². The normalized spacial score (nSPS) is 25.2. The SMILES string of the molecule is CCCCC[Si@H]1CC[C@H]([C@H]2CC[C@H](CCCCc3ccc(OC(F)=C(F)F)c(F)c3)CC2)CC1. The number of benzene rings is 1. The van der Waals surface area contributed by atoms with E-state index >= 15 is 0 Å². The molecule has 1 aromatic rings. The summed E-state index contributed by atoms with van der Waals surface area (Å²) in [6, 6.07) is 6.82. The van der Waals surface area contributed by atoms with E-state index in [0.717, 1.165) is 42.6 Å². The summed E-state index contributed by atoms with van der Waals surface area (Å²) in [5.74, 6) is 1.47. The van der Waals surface area contributed by atoms with Crippen LogP contribution in [0.5, 0.6) is 5.75 Å². The Morgan fingerprint density at radius 2 is 1.62 bits per heavy atom. The summed E-state index contributed by atoms with van der Waals surface area (Å²) in [6.45, 7) is 2.30. The first kappa shape index (κ1) is 27.3. The number of rotatable bonds is 12. The fourth-order valence-corrected chi connectivity index (χ4v) is 9.79. The van der Waals surface area contributed by atoms with Gasteiger partial charge in [0.25, 0.3) is 0 Å². The molecule has 2 fully saturated rings. The molecule has 1 aliphatic carbocycles. The van der Waals surface area contributed by atoms with Crippen molar-refractivity contribution >= 4 is 8.80 Å². The molecule has 1 nitrogen and oxygen atoms in total. The van der Waals surface area contributed by atoms with Crippen molar-refractivity contribution in [3.63, 3.8) is 0 Å². The van der Waals surface area contributed by atoms with Crippen molar-refractivity contribution in [2.75, 3.05) is 0 Å². The summed E-state index contributed by atoms with van der Waals surface area (Å²) in [5.41, 5.74) is 0.785. The topological polar surface area (TPSA) is 9.23 Å². The maximum atomic E-state index is 14.0. The molecule has 0 spiro atoms. The lowest BCUT2D eigenvalue weighted by Gasteiger charge is -2.37. The molecule has 0 radical (unpaired) electrons. The van der Waals surface area contributed by atoms with Crippen LogP contribution in [0.25, 0.3) is 0 Å². The van der Waals surface area contributed by atoms with Crippen LogP contribution in [0.1, 0.15) is 89.5 Å². The van der Waals surface area contributed by atoms with E-state index in [9.17, 15) is 17.6 Å². The lowest BCUT2D eigenvalue weighted by atomic mass is 9.73. The summed E-state index contributed by atoms with van der Waals surface area (Å²) < 4.78 is 55.3. The molecule has 2 aliphatic rings. The predicted octanol–water partition coefficient (Wildman–Crippen LogP) is 9.59. The third-order valence-corrected chi connectivity index (χ3v) is 11.9. The minimum Gasteiger partial charge on any atom is -0.425 e. The van der Waals surface area contributed by atoms with Crippen molar-refractivity contribution < 1.29 is 22.3 Å². The van der Waals surface area contributed by atoms with Gasteiger partial charge in [-0.25, -0.2) is 4.39 Å². The van der Waals surface area contributed by atoms with Crippen molar-refractivity contribution in [1.82, 2.24) is 0 Å². The van der Waals surface area contributed by atoms with Gasteiger partial charge in [-0.1, -0.05) is 88.9 Å². The molecular formula is C28H42F4OSi. The van der Waals surface area contributed by atoms with Crippen LogP contribution in [-0.4, -0.2) is 8.80 Å². The van der Waals surface area contributed by atoms with E-state index in [0.29, 0.717) is 0 Å². The van der Waals surface area contributed by atoms with E-state index in [4.69, 9.17) is 0 Å². The molecule has 34 heavy (non-hydrogen) atoms. The van der Waals surface area contributed by atoms with Crippen molar-refractivity contribution in [2.45, 2.75) is 109 Å². The smallest absolute Gasteiger partial charge is 0.344 e. The van der Waals surface area contributed by atoms with Gasteiger partial charge >= 0.3 is 12.1 Å². The van der Waals surface area contributed by atoms with E-state index in [-0.39, 0.29) is 0 Å². The third-order valence-electron chi connectivity index (χ3n) is 8.34. The highest BCUT2D eigenvalue weighted by atomic mass is 28.3. The summed E-state index contributed by atoms with van der Waals surface area (Å²) in [6.07, 6.45) is 14.3. The Kier molecular flexibility index (Phi) is 11.5.